The molecule has 0 aromatic heterocycles. The third-order valence-electron chi connectivity index (χ3n) is 10.3. The Morgan fingerprint density at radius 3 is 1.43 bits per heavy atom. The first kappa shape index (κ1) is 56.6. The molecule has 0 saturated carbocycles. The highest BCUT2D eigenvalue weighted by Crippen LogP contribution is 2.12. The predicted octanol–water partition coefficient (Wildman–Crippen LogP) is -0.341. The van der Waals surface area contributed by atoms with E-state index in [0.29, 0.717) is 11.1 Å². The molecule has 0 unspecified atom stereocenters. The number of hydrogen-bond acceptors (Lipinski definition) is 12. The van der Waals surface area contributed by atoms with Crippen molar-refractivity contribution in [2.24, 2.45) is 17.6 Å². The number of nitrogens with one attached hydrogen (secondary N) is 7. The van der Waals surface area contributed by atoms with Crippen molar-refractivity contribution in [2.75, 3.05) is 5.75 Å². The number of carboxylic acids is 3. The highest BCUT2D eigenvalue weighted by Gasteiger charge is 2.34. The molecule has 0 aliphatic carbocycles. The minimum absolute atomic E-state index is 0.0761. The van der Waals surface area contributed by atoms with Crippen LogP contribution in [0, 0.1) is 11.8 Å². The zero-order chi connectivity index (χ0) is 50.4. The molecule has 2 aromatic carbocycles. The van der Waals surface area contributed by atoms with Crippen LogP contribution in [0.2, 0.25) is 0 Å². The average Bonchev–Trinajstić information content (AvgIpc) is 3.26. The van der Waals surface area contributed by atoms with Crippen molar-refractivity contribution < 1.29 is 63.3 Å². The topological polar surface area (TPSA) is 342 Å². The summed E-state index contributed by atoms with van der Waals surface area (Å²) < 4.78 is 0. The summed E-state index contributed by atoms with van der Waals surface area (Å²) in [6, 6.07) is 6.32. The summed E-state index contributed by atoms with van der Waals surface area (Å²) in [7, 11) is 0. The normalized spacial score (nSPS) is 14.6. The number of thiol groups is 1. The summed E-state index contributed by atoms with van der Waals surface area (Å²) in [5.41, 5.74) is 7.07. The van der Waals surface area contributed by atoms with E-state index in [1.807, 2.05) is 0 Å². The van der Waals surface area contributed by atoms with Crippen LogP contribution in [0.3, 0.4) is 0 Å². The predicted molar refractivity (Wildman–Crippen MR) is 247 cm³/mol. The van der Waals surface area contributed by atoms with Crippen LogP contribution in [0.4, 0.5) is 0 Å². The van der Waals surface area contributed by atoms with Crippen LogP contribution in [0.1, 0.15) is 77.8 Å². The summed E-state index contributed by atoms with van der Waals surface area (Å²) in [4.78, 5) is 129. The van der Waals surface area contributed by atoms with Crippen LogP contribution >= 0.6 is 12.6 Å². The van der Waals surface area contributed by atoms with E-state index >= 15 is 0 Å². The summed E-state index contributed by atoms with van der Waals surface area (Å²) in [5.74, 6) is -10.7. The number of nitrogens with two attached hydrogens (primary N) is 1. The third-order valence-corrected chi connectivity index (χ3v) is 10.6. The zero-order valence-electron chi connectivity index (χ0n) is 38.2. The molecule has 0 heterocycles. The highest BCUT2D eigenvalue weighted by molar-refractivity contribution is 7.80. The molecule has 0 radical (unpaired) electrons. The lowest BCUT2D eigenvalue weighted by Gasteiger charge is -2.28. The highest BCUT2D eigenvalue weighted by atomic mass is 32.1. The van der Waals surface area contributed by atoms with Crippen molar-refractivity contribution in [3.05, 3.63) is 71.8 Å². The van der Waals surface area contributed by atoms with Crippen molar-refractivity contribution >= 4 is 71.9 Å². The van der Waals surface area contributed by atoms with Crippen molar-refractivity contribution in [3.8, 4) is 0 Å². The molecule has 368 valence electrons. The maximum Gasteiger partial charge on any atom is 0.326 e. The monoisotopic (exact) mass is 956 g/mol. The Labute approximate surface area is 394 Å². The molecule has 21 nitrogen and oxygen atoms in total. The van der Waals surface area contributed by atoms with E-state index in [0.717, 1.165) is 0 Å². The second-order valence-corrected chi connectivity index (χ2v) is 17.1. The van der Waals surface area contributed by atoms with Gasteiger partial charge in [-0.05, 0) is 49.1 Å². The quantitative estimate of drug-likeness (QED) is 0.0465. The van der Waals surface area contributed by atoms with Crippen molar-refractivity contribution in [1.29, 1.82) is 0 Å². The Kier molecular flexibility index (Phi) is 24.0. The van der Waals surface area contributed by atoms with Gasteiger partial charge in [-0.1, -0.05) is 88.4 Å². The fourth-order valence-corrected chi connectivity index (χ4v) is 6.76. The fourth-order valence-electron chi connectivity index (χ4n) is 6.50. The number of aliphatic carboxylic acids is 3. The molecule has 0 aliphatic rings. The maximum absolute atomic E-state index is 14.0. The Hall–Kier alpha value is -6.55. The van der Waals surface area contributed by atoms with E-state index < -0.39 is 126 Å². The molecule has 0 aliphatic heterocycles. The molecule has 0 saturated heterocycles. The van der Waals surface area contributed by atoms with Crippen molar-refractivity contribution in [1.82, 2.24) is 37.2 Å². The molecule has 22 heteroatoms. The van der Waals surface area contributed by atoms with Gasteiger partial charge in [0, 0.05) is 31.4 Å². The first-order chi connectivity index (χ1) is 31.5. The SMILES string of the molecule is CC(C)C[C@H](NC(=O)[C@@H](NC(=O)[C@@H](N)CCC(=O)O)C(C)C)C(=O)N[C@@H](Cc1ccccc1)C(=O)N[C@H](CS)C(=O)N[C@@H](C)C(=O)N[C@@H](CCC(=O)O)C(=O)N[C@@H](Cc1ccccc1)C(=O)O. The lowest BCUT2D eigenvalue weighted by Crippen LogP contribution is -2.61. The number of benzene rings is 2. The number of rotatable bonds is 29. The van der Waals surface area contributed by atoms with Gasteiger partial charge in [-0.2, -0.15) is 12.6 Å². The standard InChI is InChI=1S/C45H64N8O13S/c1-24(2)20-31(50-44(64)37(25(3)4)53-39(59)29(46)16-18-35(54)55)41(61)49-32(21-27-12-8-6-9-13-27)42(62)52-34(23-67)43(63)47-26(5)38(58)48-30(17-19-36(56)57)40(60)51-33(45(65)66)22-28-14-10-7-11-15-28/h6-15,24-26,29-34,37,67H,16-23,46H2,1-5H3,(H,47,63)(H,48,58)(H,49,61)(H,50,64)(H,51,60)(H,52,62)(H,53,59)(H,54,55)(H,56,57)(H,65,66)/t26-,29-,30-,31-,32-,33-,34+,37-/m0/s1. The summed E-state index contributed by atoms with van der Waals surface area (Å²) in [5, 5.41) is 45.6. The van der Waals surface area contributed by atoms with Gasteiger partial charge >= 0.3 is 17.9 Å². The van der Waals surface area contributed by atoms with Crippen LogP contribution in [0.5, 0.6) is 0 Å². The molecular weight excluding hydrogens is 893 g/mol. The van der Waals surface area contributed by atoms with Crippen LogP contribution in [0.15, 0.2) is 60.7 Å². The summed E-state index contributed by atoms with van der Waals surface area (Å²) in [6.07, 6.45) is -1.62. The maximum atomic E-state index is 14.0. The van der Waals surface area contributed by atoms with Crippen molar-refractivity contribution in [2.45, 2.75) is 128 Å². The molecule has 2 aromatic rings. The number of amides is 7. The molecule has 67 heavy (non-hydrogen) atoms. The lowest BCUT2D eigenvalue weighted by atomic mass is 9.98. The van der Waals surface area contributed by atoms with E-state index in [2.05, 4.69) is 49.8 Å². The molecule has 0 fully saturated rings. The van der Waals surface area contributed by atoms with Gasteiger partial charge in [-0.25, -0.2) is 4.79 Å². The van der Waals surface area contributed by atoms with Gasteiger partial charge in [-0.3, -0.25) is 43.2 Å². The number of carbonyl (C=O) groups excluding carboxylic acids is 7. The first-order valence-electron chi connectivity index (χ1n) is 21.8. The van der Waals surface area contributed by atoms with Gasteiger partial charge in [0.2, 0.25) is 41.4 Å². The lowest BCUT2D eigenvalue weighted by molar-refractivity contribution is -0.143. The Morgan fingerprint density at radius 1 is 0.507 bits per heavy atom. The Balaban J connectivity index is 2.25. The minimum atomic E-state index is -1.52. The molecular formula is C45H64N8O13S. The van der Waals surface area contributed by atoms with E-state index in [1.165, 1.54) is 6.92 Å². The van der Waals surface area contributed by atoms with Crippen LogP contribution in [-0.4, -0.2) is 129 Å². The number of carboxylic acid groups (broad SMARTS) is 3. The Bertz CT molecular complexity index is 2030. The molecule has 2 rings (SSSR count). The largest absolute Gasteiger partial charge is 0.481 e. The van der Waals surface area contributed by atoms with Gasteiger partial charge in [0.25, 0.3) is 0 Å². The van der Waals surface area contributed by atoms with Crippen molar-refractivity contribution in [3.63, 3.8) is 0 Å². The minimum Gasteiger partial charge on any atom is -0.481 e. The van der Waals surface area contributed by atoms with E-state index in [-0.39, 0.29) is 43.8 Å². The fraction of sp³-hybridized carbons (Fsp3) is 0.511. The summed E-state index contributed by atoms with van der Waals surface area (Å²) >= 11 is 4.22. The second kappa shape index (κ2) is 28.5. The van der Waals surface area contributed by atoms with Crippen LogP contribution in [0.25, 0.3) is 0 Å². The van der Waals surface area contributed by atoms with Gasteiger partial charge in [-0.15, -0.1) is 0 Å². The molecule has 8 atom stereocenters. The third kappa shape index (κ3) is 20.7. The van der Waals surface area contributed by atoms with E-state index in [1.54, 1.807) is 88.4 Å². The molecule has 7 amide bonds. The Morgan fingerprint density at radius 2 is 0.940 bits per heavy atom. The second-order valence-electron chi connectivity index (χ2n) is 16.8. The molecule has 0 bridgehead atoms. The average molecular weight is 957 g/mol. The molecule has 0 spiro atoms. The van der Waals surface area contributed by atoms with Gasteiger partial charge in [0.15, 0.2) is 0 Å². The van der Waals surface area contributed by atoms with E-state index in [9.17, 15) is 58.2 Å². The number of hydrogen-bond donors (Lipinski definition) is 12. The van der Waals surface area contributed by atoms with Gasteiger partial charge in [0.05, 0.1) is 6.04 Å². The van der Waals surface area contributed by atoms with Crippen LogP contribution in [-0.2, 0) is 60.8 Å². The number of carbonyl (C=O) groups is 10. The molecule has 12 N–H and O–H groups in total. The van der Waals surface area contributed by atoms with Crippen LogP contribution < -0.4 is 43.0 Å². The van der Waals surface area contributed by atoms with Gasteiger partial charge < -0.3 is 58.3 Å². The smallest absolute Gasteiger partial charge is 0.326 e. The summed E-state index contributed by atoms with van der Waals surface area (Å²) in [6.45, 7) is 8.16. The zero-order valence-corrected chi connectivity index (χ0v) is 39.0. The van der Waals surface area contributed by atoms with Gasteiger partial charge in [0.1, 0.15) is 42.3 Å². The van der Waals surface area contributed by atoms with E-state index in [4.69, 9.17) is 10.8 Å². The first-order valence-corrected chi connectivity index (χ1v) is 22.4.